The highest BCUT2D eigenvalue weighted by Gasteiger charge is 2.55. The van der Waals surface area contributed by atoms with Gasteiger partial charge >= 0.3 is 0 Å². The SMILES string of the molecule is Cc1ccc[n+](C2C(=O)C(=O)C2O)c1. The molecule has 2 rings (SSSR count). The van der Waals surface area contributed by atoms with Crippen molar-refractivity contribution in [2.75, 3.05) is 0 Å². The maximum Gasteiger partial charge on any atom is 0.272 e. The molecular formula is C10H10NO3+. The van der Waals surface area contributed by atoms with Crippen LogP contribution < -0.4 is 4.57 Å². The van der Waals surface area contributed by atoms with E-state index in [1.54, 1.807) is 23.0 Å². The number of pyridine rings is 1. The van der Waals surface area contributed by atoms with Crippen molar-refractivity contribution in [2.24, 2.45) is 0 Å². The van der Waals surface area contributed by atoms with Gasteiger partial charge < -0.3 is 5.11 Å². The molecular weight excluding hydrogens is 182 g/mol. The smallest absolute Gasteiger partial charge is 0.272 e. The van der Waals surface area contributed by atoms with Crippen molar-refractivity contribution in [2.45, 2.75) is 19.1 Å². The van der Waals surface area contributed by atoms with Gasteiger partial charge in [0.1, 0.15) is 0 Å². The molecule has 0 aliphatic heterocycles. The van der Waals surface area contributed by atoms with E-state index >= 15 is 0 Å². The fraction of sp³-hybridized carbons (Fsp3) is 0.300. The van der Waals surface area contributed by atoms with Crippen LogP contribution in [0.5, 0.6) is 0 Å². The second kappa shape index (κ2) is 2.99. The maximum absolute atomic E-state index is 11.2. The number of aromatic nitrogens is 1. The molecule has 1 aliphatic rings. The fourth-order valence-corrected chi connectivity index (χ4v) is 1.57. The molecule has 2 atom stereocenters. The van der Waals surface area contributed by atoms with Gasteiger partial charge in [0.05, 0.1) is 0 Å². The number of rotatable bonds is 1. The van der Waals surface area contributed by atoms with Crippen LogP contribution in [0.25, 0.3) is 0 Å². The lowest BCUT2D eigenvalue weighted by Gasteiger charge is -2.23. The van der Waals surface area contributed by atoms with Crippen LogP contribution in [0.1, 0.15) is 11.6 Å². The van der Waals surface area contributed by atoms with Crippen molar-refractivity contribution in [3.05, 3.63) is 30.1 Å². The number of hydrogen-bond donors (Lipinski definition) is 1. The van der Waals surface area contributed by atoms with E-state index in [1.165, 1.54) is 0 Å². The first-order valence-electron chi connectivity index (χ1n) is 4.35. The quantitative estimate of drug-likeness (QED) is 0.474. The highest BCUT2D eigenvalue weighted by Crippen LogP contribution is 2.19. The summed E-state index contributed by atoms with van der Waals surface area (Å²) >= 11 is 0. The van der Waals surface area contributed by atoms with E-state index in [4.69, 9.17) is 0 Å². The van der Waals surface area contributed by atoms with Gasteiger partial charge in [0.15, 0.2) is 18.5 Å². The first kappa shape index (κ1) is 9.02. The van der Waals surface area contributed by atoms with E-state index in [2.05, 4.69) is 0 Å². The number of carbonyl (C=O) groups is 2. The highest BCUT2D eigenvalue weighted by atomic mass is 16.3. The van der Waals surface area contributed by atoms with Gasteiger partial charge in [-0.15, -0.1) is 0 Å². The van der Waals surface area contributed by atoms with Crippen LogP contribution in [-0.2, 0) is 9.59 Å². The number of aliphatic hydroxyl groups is 1. The summed E-state index contributed by atoms with van der Waals surface area (Å²) in [5, 5.41) is 9.30. The molecule has 1 aromatic heterocycles. The van der Waals surface area contributed by atoms with Crippen LogP contribution in [0.4, 0.5) is 0 Å². The van der Waals surface area contributed by atoms with Gasteiger partial charge in [-0.1, -0.05) is 0 Å². The molecule has 1 aromatic rings. The normalized spacial score (nSPS) is 26.1. The molecule has 4 heteroatoms. The van der Waals surface area contributed by atoms with Crippen LogP contribution in [0.2, 0.25) is 0 Å². The van der Waals surface area contributed by atoms with Gasteiger partial charge in [-0.25, -0.2) is 0 Å². The lowest BCUT2D eigenvalue weighted by molar-refractivity contribution is -0.717. The molecule has 1 N–H and O–H groups in total. The van der Waals surface area contributed by atoms with Crippen LogP contribution in [0.3, 0.4) is 0 Å². The summed E-state index contributed by atoms with van der Waals surface area (Å²) < 4.78 is 1.57. The van der Waals surface area contributed by atoms with Gasteiger partial charge in [0.25, 0.3) is 11.8 Å². The number of carbonyl (C=O) groups excluding carboxylic acids is 2. The van der Waals surface area contributed by atoms with Crippen LogP contribution in [-0.4, -0.2) is 22.8 Å². The second-order valence-electron chi connectivity index (χ2n) is 3.45. The lowest BCUT2D eigenvalue weighted by Crippen LogP contribution is -2.64. The number of ketones is 2. The molecule has 1 heterocycles. The van der Waals surface area contributed by atoms with E-state index in [0.29, 0.717) is 0 Å². The minimum atomic E-state index is -1.17. The van der Waals surface area contributed by atoms with Crippen molar-refractivity contribution in [3.8, 4) is 0 Å². The molecule has 1 aliphatic carbocycles. The molecule has 72 valence electrons. The summed E-state index contributed by atoms with van der Waals surface area (Å²) in [5.41, 5.74) is 0.979. The number of aryl methyl sites for hydroxylation is 1. The number of hydrogen-bond acceptors (Lipinski definition) is 3. The Morgan fingerprint density at radius 3 is 2.64 bits per heavy atom. The third kappa shape index (κ3) is 1.15. The Bertz CT molecular complexity index is 414. The minimum absolute atomic E-state index is 0.520. The molecule has 0 aromatic carbocycles. The first-order valence-corrected chi connectivity index (χ1v) is 4.35. The van der Waals surface area contributed by atoms with Gasteiger partial charge in [0, 0.05) is 11.6 Å². The molecule has 0 saturated heterocycles. The van der Waals surface area contributed by atoms with Crippen molar-refractivity contribution in [1.29, 1.82) is 0 Å². The molecule has 2 unspecified atom stereocenters. The molecule has 4 nitrogen and oxygen atoms in total. The zero-order valence-corrected chi connectivity index (χ0v) is 7.68. The first-order chi connectivity index (χ1) is 6.61. The Hall–Kier alpha value is -1.55. The topological polar surface area (TPSA) is 58.2 Å². The van der Waals surface area contributed by atoms with E-state index < -0.39 is 23.7 Å². The summed E-state index contributed by atoms with van der Waals surface area (Å²) in [5.74, 6) is -1.21. The molecule has 1 fully saturated rings. The second-order valence-corrected chi connectivity index (χ2v) is 3.45. The molecule has 14 heavy (non-hydrogen) atoms. The maximum atomic E-state index is 11.2. The third-order valence-corrected chi connectivity index (χ3v) is 2.37. The van der Waals surface area contributed by atoms with Crippen molar-refractivity contribution in [1.82, 2.24) is 0 Å². The monoisotopic (exact) mass is 192 g/mol. The Morgan fingerprint density at radius 2 is 2.07 bits per heavy atom. The Morgan fingerprint density at radius 1 is 1.36 bits per heavy atom. The van der Waals surface area contributed by atoms with Crippen molar-refractivity contribution >= 4 is 11.6 Å². The standard InChI is InChI=1S/C10H10NO3/c1-6-3-2-4-11(5-6)7-8(12)10(14)9(7)13/h2-5,7-8,12H,1H3/q+1. The zero-order chi connectivity index (χ0) is 10.3. The summed E-state index contributed by atoms with van der Waals surface area (Å²) in [6.45, 7) is 1.88. The summed E-state index contributed by atoms with van der Waals surface area (Å²) in [6.07, 6.45) is 2.23. The minimum Gasteiger partial charge on any atom is -0.378 e. The van der Waals surface area contributed by atoms with Gasteiger partial charge in [0.2, 0.25) is 5.78 Å². The predicted octanol–water partition coefficient (Wildman–Crippen LogP) is -0.664. The van der Waals surface area contributed by atoms with Crippen molar-refractivity contribution < 1.29 is 19.3 Å². The summed E-state index contributed by atoms with van der Waals surface area (Å²) in [7, 11) is 0. The molecule has 0 amide bonds. The van der Waals surface area contributed by atoms with Gasteiger partial charge in [-0.3, -0.25) is 9.59 Å². The summed E-state index contributed by atoms with van der Waals surface area (Å²) in [4.78, 5) is 22.0. The Kier molecular flexibility index (Phi) is 1.93. The molecule has 0 radical (unpaired) electrons. The molecule has 0 spiro atoms. The average molecular weight is 192 g/mol. The van der Waals surface area contributed by atoms with Crippen LogP contribution in [0, 0.1) is 6.92 Å². The van der Waals surface area contributed by atoms with E-state index in [0.717, 1.165) is 5.56 Å². The van der Waals surface area contributed by atoms with Crippen LogP contribution in [0.15, 0.2) is 24.5 Å². The van der Waals surface area contributed by atoms with E-state index in [1.807, 2.05) is 13.0 Å². The number of nitrogens with zero attached hydrogens (tertiary/aromatic N) is 1. The van der Waals surface area contributed by atoms with E-state index in [9.17, 15) is 14.7 Å². The number of Topliss-reactive ketones (excluding diaryl/α,β-unsaturated/α-hetero) is 2. The van der Waals surface area contributed by atoms with Gasteiger partial charge in [-0.2, -0.15) is 4.57 Å². The Balaban J connectivity index is 2.33. The number of aliphatic hydroxyl groups excluding tert-OH is 1. The van der Waals surface area contributed by atoms with Crippen molar-refractivity contribution in [3.63, 3.8) is 0 Å². The van der Waals surface area contributed by atoms with E-state index in [-0.39, 0.29) is 0 Å². The third-order valence-electron chi connectivity index (χ3n) is 2.37. The lowest BCUT2D eigenvalue weighted by atomic mass is 9.85. The zero-order valence-electron chi connectivity index (χ0n) is 7.68. The fourth-order valence-electron chi connectivity index (χ4n) is 1.57. The van der Waals surface area contributed by atoms with Crippen LogP contribution >= 0.6 is 0 Å². The predicted molar refractivity (Wildman–Crippen MR) is 46.4 cm³/mol. The highest BCUT2D eigenvalue weighted by molar-refractivity contribution is 6.47. The summed E-state index contributed by atoms with van der Waals surface area (Å²) in [6, 6.07) is 2.94. The molecule has 1 saturated carbocycles. The van der Waals surface area contributed by atoms with Gasteiger partial charge in [-0.05, 0) is 13.0 Å². The largest absolute Gasteiger partial charge is 0.378 e. The molecule has 0 bridgehead atoms. The average Bonchev–Trinajstić information content (AvgIpc) is 2.18. The Labute approximate surface area is 80.8 Å².